The van der Waals surface area contributed by atoms with E-state index in [2.05, 4.69) is 0 Å². The molecule has 2 rings (SSSR count). The third-order valence-electron chi connectivity index (χ3n) is 3.45. The van der Waals surface area contributed by atoms with Crippen molar-refractivity contribution in [1.82, 2.24) is 0 Å². The van der Waals surface area contributed by atoms with Gasteiger partial charge >= 0.3 is 6.18 Å². The smallest absolute Gasteiger partial charge is 0.393 e. The van der Waals surface area contributed by atoms with E-state index in [1.165, 1.54) is 6.07 Å². The van der Waals surface area contributed by atoms with Gasteiger partial charge in [-0.25, -0.2) is 0 Å². The molecule has 0 amide bonds. The lowest BCUT2D eigenvalue weighted by Crippen LogP contribution is -2.49. The fourth-order valence-electron chi connectivity index (χ4n) is 2.39. The molecular formula is C12H14F3NO. The number of aliphatic hydroxyl groups is 1. The molecular weight excluding hydrogens is 231 g/mol. The molecule has 1 aliphatic carbocycles. The largest absolute Gasteiger partial charge is 0.416 e. The first-order valence-electron chi connectivity index (χ1n) is 5.43. The molecule has 1 aromatic carbocycles. The van der Waals surface area contributed by atoms with E-state index in [1.54, 1.807) is 6.07 Å². The van der Waals surface area contributed by atoms with Gasteiger partial charge in [0.2, 0.25) is 0 Å². The molecule has 0 aromatic heterocycles. The monoisotopic (exact) mass is 245 g/mol. The summed E-state index contributed by atoms with van der Waals surface area (Å²) < 4.78 is 37.7. The van der Waals surface area contributed by atoms with Crippen LogP contribution < -0.4 is 5.73 Å². The SMILES string of the molecule is NCC1(c2cccc(C(F)(F)F)c2)CC(O)C1. The zero-order valence-electron chi connectivity index (χ0n) is 9.17. The predicted octanol–water partition coefficient (Wildman–Crippen LogP) is 2.06. The van der Waals surface area contributed by atoms with Crippen LogP contribution >= 0.6 is 0 Å². The van der Waals surface area contributed by atoms with Gasteiger partial charge in [-0.15, -0.1) is 0 Å². The summed E-state index contributed by atoms with van der Waals surface area (Å²) in [7, 11) is 0. The Morgan fingerprint density at radius 3 is 2.47 bits per heavy atom. The molecule has 17 heavy (non-hydrogen) atoms. The van der Waals surface area contributed by atoms with Crippen LogP contribution in [0, 0.1) is 0 Å². The van der Waals surface area contributed by atoms with Crippen molar-refractivity contribution in [3.8, 4) is 0 Å². The third kappa shape index (κ3) is 2.17. The van der Waals surface area contributed by atoms with Crippen molar-refractivity contribution < 1.29 is 18.3 Å². The lowest BCUT2D eigenvalue weighted by molar-refractivity contribution is -0.137. The molecule has 0 heterocycles. The highest BCUT2D eigenvalue weighted by Gasteiger charge is 2.44. The zero-order chi connectivity index (χ0) is 12.7. The minimum Gasteiger partial charge on any atom is -0.393 e. The summed E-state index contributed by atoms with van der Waals surface area (Å²) in [6.07, 6.45) is -3.92. The molecule has 0 radical (unpaired) electrons. The molecule has 1 aliphatic rings. The van der Waals surface area contributed by atoms with Gasteiger partial charge in [-0.05, 0) is 24.5 Å². The number of alkyl halides is 3. The molecule has 2 nitrogen and oxygen atoms in total. The van der Waals surface area contributed by atoms with E-state index in [0.717, 1.165) is 12.1 Å². The summed E-state index contributed by atoms with van der Waals surface area (Å²) in [4.78, 5) is 0. The van der Waals surface area contributed by atoms with Crippen molar-refractivity contribution in [3.05, 3.63) is 35.4 Å². The summed E-state index contributed by atoms with van der Waals surface area (Å²) in [6, 6.07) is 5.22. The Hall–Kier alpha value is -1.07. The Balaban J connectivity index is 2.33. The topological polar surface area (TPSA) is 46.2 Å². The maximum atomic E-state index is 12.6. The highest BCUT2D eigenvalue weighted by Crippen LogP contribution is 2.44. The maximum absolute atomic E-state index is 12.6. The van der Waals surface area contributed by atoms with Crippen LogP contribution in [0.1, 0.15) is 24.0 Å². The fraction of sp³-hybridized carbons (Fsp3) is 0.500. The molecule has 0 saturated heterocycles. The molecule has 0 unspecified atom stereocenters. The van der Waals surface area contributed by atoms with E-state index < -0.39 is 23.3 Å². The van der Waals surface area contributed by atoms with Crippen LogP contribution in [0.5, 0.6) is 0 Å². The van der Waals surface area contributed by atoms with Crippen LogP contribution in [0.4, 0.5) is 13.2 Å². The summed E-state index contributed by atoms with van der Waals surface area (Å²) in [6.45, 7) is 0.255. The molecule has 1 saturated carbocycles. The van der Waals surface area contributed by atoms with Crippen molar-refractivity contribution >= 4 is 0 Å². The molecule has 1 fully saturated rings. The Labute approximate surface area is 97.2 Å². The van der Waals surface area contributed by atoms with E-state index in [4.69, 9.17) is 5.73 Å². The summed E-state index contributed by atoms with van der Waals surface area (Å²) in [5.41, 5.74) is 5.05. The normalized spacial score (nSPS) is 28.9. The van der Waals surface area contributed by atoms with Crippen molar-refractivity contribution in [1.29, 1.82) is 0 Å². The van der Waals surface area contributed by atoms with E-state index in [9.17, 15) is 18.3 Å². The highest BCUT2D eigenvalue weighted by atomic mass is 19.4. The van der Waals surface area contributed by atoms with Gasteiger partial charge in [0.05, 0.1) is 11.7 Å². The molecule has 0 aliphatic heterocycles. The van der Waals surface area contributed by atoms with Gasteiger partial charge in [0, 0.05) is 12.0 Å². The second-order valence-electron chi connectivity index (χ2n) is 4.63. The van der Waals surface area contributed by atoms with Gasteiger partial charge in [-0.2, -0.15) is 13.2 Å². The van der Waals surface area contributed by atoms with Crippen LogP contribution in [0.15, 0.2) is 24.3 Å². The summed E-state index contributed by atoms with van der Waals surface area (Å²) >= 11 is 0. The molecule has 0 spiro atoms. The quantitative estimate of drug-likeness (QED) is 0.837. The second-order valence-corrected chi connectivity index (χ2v) is 4.63. The third-order valence-corrected chi connectivity index (χ3v) is 3.45. The van der Waals surface area contributed by atoms with Crippen molar-refractivity contribution in [3.63, 3.8) is 0 Å². The van der Waals surface area contributed by atoms with Gasteiger partial charge in [0.25, 0.3) is 0 Å². The van der Waals surface area contributed by atoms with Gasteiger partial charge in [-0.1, -0.05) is 18.2 Å². The Kier molecular flexibility index (Phi) is 2.91. The molecule has 0 bridgehead atoms. The molecule has 94 valence electrons. The van der Waals surface area contributed by atoms with Crippen LogP contribution in [0.2, 0.25) is 0 Å². The maximum Gasteiger partial charge on any atom is 0.416 e. The van der Waals surface area contributed by atoms with E-state index in [1.807, 2.05) is 0 Å². The van der Waals surface area contributed by atoms with Crippen LogP contribution in [-0.2, 0) is 11.6 Å². The zero-order valence-corrected chi connectivity index (χ0v) is 9.17. The summed E-state index contributed by atoms with van der Waals surface area (Å²) in [5.74, 6) is 0. The fourth-order valence-corrected chi connectivity index (χ4v) is 2.39. The average Bonchev–Trinajstić information content (AvgIpc) is 2.23. The molecule has 3 N–H and O–H groups in total. The number of rotatable bonds is 2. The van der Waals surface area contributed by atoms with Gasteiger partial charge in [0.1, 0.15) is 0 Å². The Morgan fingerprint density at radius 1 is 1.35 bits per heavy atom. The van der Waals surface area contributed by atoms with Gasteiger partial charge < -0.3 is 10.8 Å². The number of hydrogen-bond donors (Lipinski definition) is 2. The number of hydrogen-bond acceptors (Lipinski definition) is 2. The average molecular weight is 245 g/mol. The first kappa shape index (κ1) is 12.4. The second kappa shape index (κ2) is 3.99. The van der Waals surface area contributed by atoms with Crippen molar-refractivity contribution in [2.24, 2.45) is 5.73 Å². The molecule has 5 heteroatoms. The van der Waals surface area contributed by atoms with E-state index in [0.29, 0.717) is 18.4 Å². The number of halogens is 3. The summed E-state index contributed by atoms with van der Waals surface area (Å²) in [5, 5.41) is 9.33. The number of aliphatic hydroxyl groups excluding tert-OH is 1. The lowest BCUT2D eigenvalue weighted by atomic mass is 9.62. The first-order valence-corrected chi connectivity index (χ1v) is 5.43. The van der Waals surface area contributed by atoms with Crippen LogP contribution in [0.25, 0.3) is 0 Å². The van der Waals surface area contributed by atoms with E-state index >= 15 is 0 Å². The minimum atomic E-state index is -4.34. The number of benzene rings is 1. The van der Waals surface area contributed by atoms with Gasteiger partial charge in [-0.3, -0.25) is 0 Å². The minimum absolute atomic E-state index is 0.255. The first-order chi connectivity index (χ1) is 7.87. The predicted molar refractivity (Wildman–Crippen MR) is 57.4 cm³/mol. The van der Waals surface area contributed by atoms with Crippen molar-refractivity contribution in [2.75, 3.05) is 6.54 Å². The Morgan fingerprint density at radius 2 is 2.00 bits per heavy atom. The number of nitrogens with two attached hydrogens (primary N) is 1. The van der Waals surface area contributed by atoms with Crippen LogP contribution in [0.3, 0.4) is 0 Å². The molecule has 0 atom stereocenters. The standard InChI is InChI=1S/C12H14F3NO/c13-12(14,15)9-3-1-2-8(4-9)11(7-16)5-10(17)6-11/h1-4,10,17H,5-7,16H2. The van der Waals surface area contributed by atoms with Gasteiger partial charge in [0.15, 0.2) is 0 Å². The molecule has 1 aromatic rings. The van der Waals surface area contributed by atoms with Crippen molar-refractivity contribution in [2.45, 2.75) is 30.5 Å². The highest BCUT2D eigenvalue weighted by molar-refractivity contribution is 5.34. The van der Waals surface area contributed by atoms with E-state index in [-0.39, 0.29) is 6.54 Å². The Bertz CT molecular complexity index is 410. The van der Waals surface area contributed by atoms with Crippen LogP contribution in [-0.4, -0.2) is 17.8 Å². The lowest BCUT2D eigenvalue weighted by Gasteiger charge is -2.45.